The highest BCUT2D eigenvalue weighted by molar-refractivity contribution is 7.21. The van der Waals surface area contributed by atoms with Gasteiger partial charge >= 0.3 is 0 Å². The number of nitrogens with two attached hydrogens (primary N) is 2. The number of hydrogen-bond acceptors (Lipinski definition) is 5. The Morgan fingerprint density at radius 3 is 2.85 bits per heavy atom. The van der Waals surface area contributed by atoms with Crippen LogP contribution in [-0.4, -0.2) is 16.8 Å². The minimum Gasteiger partial charge on any atom is -0.397 e. The van der Waals surface area contributed by atoms with E-state index in [0.29, 0.717) is 22.3 Å². The van der Waals surface area contributed by atoms with Crippen molar-refractivity contribution in [3.8, 4) is 0 Å². The van der Waals surface area contributed by atoms with Crippen LogP contribution in [0.15, 0.2) is 12.3 Å². The van der Waals surface area contributed by atoms with Gasteiger partial charge in [0.1, 0.15) is 9.71 Å². The highest BCUT2D eigenvalue weighted by atomic mass is 32.1. The number of nitrogens with one attached hydrogen (secondary N) is 1. The molecule has 0 aromatic carbocycles. The number of thiophene rings is 1. The van der Waals surface area contributed by atoms with Crippen LogP contribution in [0.3, 0.4) is 0 Å². The fourth-order valence-electron chi connectivity index (χ4n) is 1.88. The molecular formula is C13H16N4O2S. The Bertz CT molecular complexity index is 666. The number of nitrogen functional groups attached to an aromatic ring is 1. The Kier molecular flexibility index (Phi) is 4.19. The van der Waals surface area contributed by atoms with Crippen LogP contribution in [0.5, 0.6) is 0 Å². The third kappa shape index (κ3) is 2.72. The number of amides is 2. The average Bonchev–Trinajstić information content (AvgIpc) is 2.75. The van der Waals surface area contributed by atoms with E-state index in [2.05, 4.69) is 10.3 Å². The van der Waals surface area contributed by atoms with E-state index in [1.165, 1.54) is 0 Å². The highest BCUT2D eigenvalue weighted by Crippen LogP contribution is 2.36. The summed E-state index contributed by atoms with van der Waals surface area (Å²) >= 11 is 1.13. The zero-order valence-electron chi connectivity index (χ0n) is 11.1. The number of nitrogens with zero attached hydrogens (tertiary/aromatic N) is 1. The average molecular weight is 292 g/mol. The zero-order valence-corrected chi connectivity index (χ0v) is 11.9. The lowest BCUT2D eigenvalue weighted by Crippen LogP contribution is -2.12. The van der Waals surface area contributed by atoms with Crippen molar-refractivity contribution in [1.29, 1.82) is 0 Å². The first-order valence-electron chi connectivity index (χ1n) is 6.31. The number of unbranched alkanes of at least 4 members (excludes halogenated alkanes) is 1. The molecule has 106 valence electrons. The number of primary amides is 1. The van der Waals surface area contributed by atoms with E-state index in [9.17, 15) is 9.59 Å². The second-order valence-electron chi connectivity index (χ2n) is 4.40. The minimum absolute atomic E-state index is 0.0782. The summed E-state index contributed by atoms with van der Waals surface area (Å²) in [5.74, 6) is -0.667. The largest absolute Gasteiger partial charge is 0.397 e. The first kappa shape index (κ1) is 14.3. The van der Waals surface area contributed by atoms with Gasteiger partial charge in [-0.15, -0.1) is 11.3 Å². The zero-order chi connectivity index (χ0) is 14.7. The molecule has 2 heterocycles. The van der Waals surface area contributed by atoms with E-state index in [4.69, 9.17) is 11.5 Å². The lowest BCUT2D eigenvalue weighted by Gasteiger charge is -2.06. The number of anilines is 2. The van der Waals surface area contributed by atoms with Crippen molar-refractivity contribution < 1.29 is 9.59 Å². The van der Waals surface area contributed by atoms with Crippen LogP contribution in [0.25, 0.3) is 10.2 Å². The van der Waals surface area contributed by atoms with Crippen molar-refractivity contribution in [3.63, 3.8) is 0 Å². The maximum absolute atomic E-state index is 11.8. The van der Waals surface area contributed by atoms with Gasteiger partial charge in [0.2, 0.25) is 5.91 Å². The second kappa shape index (κ2) is 5.87. The number of pyridine rings is 1. The van der Waals surface area contributed by atoms with Gasteiger partial charge in [-0.2, -0.15) is 0 Å². The molecule has 0 bridgehead atoms. The molecule has 0 atom stereocenters. The van der Waals surface area contributed by atoms with E-state index in [0.717, 1.165) is 24.2 Å². The van der Waals surface area contributed by atoms with Gasteiger partial charge in [0.05, 0.1) is 16.8 Å². The molecular weight excluding hydrogens is 276 g/mol. The van der Waals surface area contributed by atoms with Crippen LogP contribution in [0, 0.1) is 0 Å². The number of hydrogen-bond donors (Lipinski definition) is 3. The summed E-state index contributed by atoms with van der Waals surface area (Å²) in [6.07, 6.45) is 3.79. The van der Waals surface area contributed by atoms with Gasteiger partial charge in [0, 0.05) is 12.6 Å². The van der Waals surface area contributed by atoms with Crippen LogP contribution in [0.4, 0.5) is 11.4 Å². The summed E-state index contributed by atoms with van der Waals surface area (Å²) in [6.45, 7) is 2.02. The smallest absolute Gasteiger partial charge is 0.260 e. The van der Waals surface area contributed by atoms with Gasteiger partial charge < -0.3 is 16.8 Å². The maximum Gasteiger partial charge on any atom is 0.260 e. The summed E-state index contributed by atoms with van der Waals surface area (Å²) in [5.41, 5.74) is 12.0. The van der Waals surface area contributed by atoms with Crippen molar-refractivity contribution >= 4 is 44.7 Å². The van der Waals surface area contributed by atoms with Crippen molar-refractivity contribution in [2.24, 2.45) is 5.73 Å². The van der Waals surface area contributed by atoms with Crippen LogP contribution in [-0.2, 0) is 4.79 Å². The lowest BCUT2D eigenvalue weighted by atomic mass is 10.2. The predicted molar refractivity (Wildman–Crippen MR) is 80.7 cm³/mol. The SMILES string of the molecule is CCCCC(=O)Nc1ccnc2sc(C(N)=O)c(N)c12. The number of carbonyl (C=O) groups excluding carboxylic acids is 2. The molecule has 7 heteroatoms. The van der Waals surface area contributed by atoms with Crippen molar-refractivity contribution in [1.82, 2.24) is 4.98 Å². The van der Waals surface area contributed by atoms with Crippen LogP contribution in [0.1, 0.15) is 35.9 Å². The van der Waals surface area contributed by atoms with Crippen molar-refractivity contribution in [2.45, 2.75) is 26.2 Å². The predicted octanol–water partition coefficient (Wildman–Crippen LogP) is 2.11. The van der Waals surface area contributed by atoms with Gasteiger partial charge in [-0.1, -0.05) is 13.3 Å². The summed E-state index contributed by atoms with van der Waals surface area (Å²) in [4.78, 5) is 28.1. The lowest BCUT2D eigenvalue weighted by molar-refractivity contribution is -0.116. The van der Waals surface area contributed by atoms with Crippen LogP contribution in [0.2, 0.25) is 0 Å². The van der Waals surface area contributed by atoms with E-state index in [1.807, 2.05) is 6.92 Å². The Labute approximate surface area is 120 Å². The van der Waals surface area contributed by atoms with Crippen molar-refractivity contribution in [3.05, 3.63) is 17.1 Å². The third-order valence-corrected chi connectivity index (χ3v) is 4.01. The van der Waals surface area contributed by atoms with Gasteiger partial charge in [0.25, 0.3) is 5.91 Å². The minimum atomic E-state index is -0.589. The monoisotopic (exact) mass is 292 g/mol. The fraction of sp³-hybridized carbons (Fsp3) is 0.308. The molecule has 0 fully saturated rings. The molecule has 6 nitrogen and oxygen atoms in total. The summed E-state index contributed by atoms with van der Waals surface area (Å²) < 4.78 is 0. The van der Waals surface area contributed by atoms with Gasteiger partial charge in [0.15, 0.2) is 0 Å². The number of carbonyl (C=O) groups is 2. The standard InChI is InChI=1S/C13H16N4O2S/c1-2-3-4-8(18)17-7-5-6-16-13-9(7)10(14)11(20-13)12(15)19/h5-6H,2-4,14H2,1H3,(H2,15,19)(H,16,17,18). The van der Waals surface area contributed by atoms with E-state index >= 15 is 0 Å². The van der Waals surface area contributed by atoms with E-state index in [-0.39, 0.29) is 16.5 Å². The normalized spacial score (nSPS) is 10.7. The number of fused-ring (bicyclic) bond motifs is 1. The molecule has 0 aliphatic carbocycles. The Morgan fingerprint density at radius 1 is 1.45 bits per heavy atom. The molecule has 0 saturated heterocycles. The molecule has 2 aromatic rings. The van der Waals surface area contributed by atoms with Gasteiger partial charge in [-0.3, -0.25) is 9.59 Å². The van der Waals surface area contributed by atoms with E-state index < -0.39 is 5.91 Å². The third-order valence-electron chi connectivity index (χ3n) is 2.88. The summed E-state index contributed by atoms with van der Waals surface area (Å²) in [6, 6.07) is 1.67. The van der Waals surface area contributed by atoms with Crippen LogP contribution < -0.4 is 16.8 Å². The first-order chi connectivity index (χ1) is 9.54. The molecule has 0 aliphatic rings. The first-order valence-corrected chi connectivity index (χ1v) is 7.12. The molecule has 2 amide bonds. The molecule has 2 aromatic heterocycles. The van der Waals surface area contributed by atoms with Gasteiger partial charge in [-0.25, -0.2) is 4.98 Å². The van der Waals surface area contributed by atoms with Gasteiger partial charge in [-0.05, 0) is 12.5 Å². The molecule has 2 rings (SSSR count). The topological polar surface area (TPSA) is 111 Å². The molecule has 0 unspecified atom stereocenters. The summed E-state index contributed by atoms with van der Waals surface area (Å²) in [7, 11) is 0. The molecule has 0 aliphatic heterocycles. The van der Waals surface area contributed by atoms with E-state index in [1.54, 1.807) is 12.3 Å². The highest BCUT2D eigenvalue weighted by Gasteiger charge is 2.18. The fourth-order valence-corrected chi connectivity index (χ4v) is 2.82. The Hall–Kier alpha value is -2.15. The van der Waals surface area contributed by atoms with Crippen molar-refractivity contribution in [2.75, 3.05) is 11.1 Å². The molecule has 5 N–H and O–H groups in total. The quantitative estimate of drug-likeness (QED) is 0.783. The Balaban J connectivity index is 2.39. The molecule has 20 heavy (non-hydrogen) atoms. The van der Waals surface area contributed by atoms with Crippen LogP contribution >= 0.6 is 11.3 Å². The second-order valence-corrected chi connectivity index (χ2v) is 5.40. The summed E-state index contributed by atoms with van der Waals surface area (Å²) in [5, 5.41) is 3.39. The number of aromatic nitrogens is 1. The maximum atomic E-state index is 11.8. The Morgan fingerprint density at radius 2 is 2.20 bits per heavy atom. The molecule has 0 spiro atoms. The molecule has 0 radical (unpaired) electrons. The molecule has 0 saturated carbocycles. The number of rotatable bonds is 5.